The molecular weight excluding hydrogens is 485 g/mol. The van der Waals surface area contributed by atoms with Gasteiger partial charge in [-0.3, -0.25) is 0 Å². The first-order valence-electron chi connectivity index (χ1n) is 13.7. The lowest BCUT2D eigenvalue weighted by Crippen LogP contribution is -2.20. The third kappa shape index (κ3) is 6.87. The van der Waals surface area contributed by atoms with Gasteiger partial charge in [0.25, 0.3) is 0 Å². The van der Waals surface area contributed by atoms with Gasteiger partial charge >= 0.3 is 0 Å². The summed E-state index contributed by atoms with van der Waals surface area (Å²) in [6.45, 7) is 6.56. The molecule has 2 atom stereocenters. The number of benzene rings is 3. The van der Waals surface area contributed by atoms with Crippen LogP contribution in [0.1, 0.15) is 70.0 Å². The van der Waals surface area contributed by atoms with Gasteiger partial charge in [-0.2, -0.15) is 4.39 Å². The fraction of sp³-hybridized carbons (Fsp3) is 0.394. The zero-order chi connectivity index (χ0) is 26.9. The molecule has 0 radical (unpaired) electrons. The summed E-state index contributed by atoms with van der Waals surface area (Å²) >= 11 is 0. The van der Waals surface area contributed by atoms with Crippen molar-refractivity contribution in [1.82, 2.24) is 0 Å². The van der Waals surface area contributed by atoms with Gasteiger partial charge in [0, 0.05) is 11.1 Å². The molecule has 0 bridgehead atoms. The molecular formula is C33H37F3O2. The van der Waals surface area contributed by atoms with E-state index in [0.29, 0.717) is 22.6 Å². The zero-order valence-corrected chi connectivity index (χ0v) is 22.2. The van der Waals surface area contributed by atoms with E-state index < -0.39 is 11.6 Å². The van der Waals surface area contributed by atoms with Crippen molar-refractivity contribution in [2.75, 3.05) is 13.2 Å². The van der Waals surface area contributed by atoms with Gasteiger partial charge < -0.3 is 9.47 Å². The normalized spacial score (nSPS) is 17.4. The summed E-state index contributed by atoms with van der Waals surface area (Å²) in [5.74, 6) is -1.91. The van der Waals surface area contributed by atoms with Crippen LogP contribution in [-0.4, -0.2) is 13.2 Å². The van der Waals surface area contributed by atoms with Crippen LogP contribution in [-0.2, 0) is 4.74 Å². The summed E-state index contributed by atoms with van der Waals surface area (Å²) in [5, 5.41) is 0. The molecule has 0 spiro atoms. The Kier molecular flexibility index (Phi) is 10.1. The van der Waals surface area contributed by atoms with E-state index in [1.165, 1.54) is 56.7 Å². The average molecular weight is 523 g/mol. The highest BCUT2D eigenvalue weighted by atomic mass is 19.2. The molecule has 38 heavy (non-hydrogen) atoms. The van der Waals surface area contributed by atoms with Crippen molar-refractivity contribution in [3.05, 3.63) is 90.3 Å². The van der Waals surface area contributed by atoms with E-state index in [1.807, 2.05) is 6.07 Å². The summed E-state index contributed by atoms with van der Waals surface area (Å²) in [7, 11) is 0. The molecule has 0 amide bonds. The summed E-state index contributed by atoms with van der Waals surface area (Å²) in [5.41, 5.74) is 2.59. The maximum Gasteiger partial charge on any atom is 0.201 e. The maximum absolute atomic E-state index is 15.1. The summed E-state index contributed by atoms with van der Waals surface area (Å²) in [4.78, 5) is 0. The Hall–Kier alpha value is -3.05. The Balaban J connectivity index is 1.38. The molecule has 0 N–H and O–H groups in total. The molecule has 3 aromatic carbocycles. The largest absolute Gasteiger partial charge is 0.486 e. The Bertz CT molecular complexity index is 1200. The van der Waals surface area contributed by atoms with E-state index in [1.54, 1.807) is 36.4 Å². The lowest BCUT2D eigenvalue weighted by atomic mass is 9.90. The standard InChI is InChI=1S/C33H37F3O2/c1-3-5-6-7-8-9-23-10-18-30(38-22-23)26-15-16-27(29(34)21-26)24-11-13-25(14-12-24)28-17-19-31(37-20-4-2)33(36)32(28)35/h4,11-17,19,21,23,30H,2-3,5-10,18,20,22H2,1H3. The van der Waals surface area contributed by atoms with Gasteiger partial charge in [0.05, 0.1) is 12.7 Å². The smallest absolute Gasteiger partial charge is 0.201 e. The first kappa shape index (κ1) is 28.0. The molecule has 0 saturated carbocycles. The number of halogens is 3. The predicted octanol–water partition coefficient (Wildman–Crippen LogP) is 9.83. The molecule has 5 heteroatoms. The van der Waals surface area contributed by atoms with Crippen LogP contribution >= 0.6 is 0 Å². The topological polar surface area (TPSA) is 18.5 Å². The molecule has 1 heterocycles. The molecule has 2 nitrogen and oxygen atoms in total. The van der Waals surface area contributed by atoms with Crippen LogP contribution in [0.15, 0.2) is 67.3 Å². The van der Waals surface area contributed by atoms with E-state index >= 15 is 4.39 Å². The zero-order valence-electron chi connectivity index (χ0n) is 22.2. The average Bonchev–Trinajstić information content (AvgIpc) is 2.94. The minimum Gasteiger partial charge on any atom is -0.486 e. The van der Waals surface area contributed by atoms with E-state index in [-0.39, 0.29) is 29.8 Å². The molecule has 2 unspecified atom stereocenters. The molecule has 1 fully saturated rings. The first-order chi connectivity index (χ1) is 18.5. The summed E-state index contributed by atoms with van der Waals surface area (Å²) in [6.07, 6.45) is 11.1. The second-order valence-corrected chi connectivity index (χ2v) is 10.1. The van der Waals surface area contributed by atoms with Crippen LogP contribution in [0.2, 0.25) is 0 Å². The fourth-order valence-electron chi connectivity index (χ4n) is 5.14. The third-order valence-electron chi connectivity index (χ3n) is 7.36. The van der Waals surface area contributed by atoms with Crippen LogP contribution in [0.4, 0.5) is 13.2 Å². The molecule has 1 aliphatic heterocycles. The molecule has 0 aromatic heterocycles. The molecule has 0 aliphatic carbocycles. The van der Waals surface area contributed by atoms with Crippen molar-refractivity contribution in [3.63, 3.8) is 0 Å². The summed E-state index contributed by atoms with van der Waals surface area (Å²) < 4.78 is 55.5. The van der Waals surface area contributed by atoms with Crippen LogP contribution in [0.25, 0.3) is 22.3 Å². The maximum atomic E-state index is 15.1. The van der Waals surface area contributed by atoms with Gasteiger partial charge in [-0.15, -0.1) is 0 Å². The first-order valence-corrected chi connectivity index (χ1v) is 13.7. The second-order valence-electron chi connectivity index (χ2n) is 10.1. The molecule has 1 aliphatic rings. The Morgan fingerprint density at radius 2 is 1.58 bits per heavy atom. The number of hydrogen-bond acceptors (Lipinski definition) is 2. The van der Waals surface area contributed by atoms with Crippen molar-refractivity contribution in [3.8, 4) is 28.0 Å². The number of ether oxygens (including phenoxy) is 2. The molecule has 4 rings (SSSR count). The third-order valence-corrected chi connectivity index (χ3v) is 7.36. The lowest BCUT2D eigenvalue weighted by molar-refractivity contribution is -0.0200. The second kappa shape index (κ2) is 13.7. The minimum atomic E-state index is -1.04. The number of rotatable bonds is 12. The predicted molar refractivity (Wildman–Crippen MR) is 148 cm³/mol. The Morgan fingerprint density at radius 1 is 0.868 bits per heavy atom. The highest BCUT2D eigenvalue weighted by Crippen LogP contribution is 2.36. The van der Waals surface area contributed by atoms with Crippen molar-refractivity contribution in [2.24, 2.45) is 5.92 Å². The SMILES string of the molecule is C=CCOc1ccc(-c2ccc(-c3ccc(C4CCC(CCCCCCC)CO4)cc3F)cc2)c(F)c1F. The van der Waals surface area contributed by atoms with Gasteiger partial charge in [0.15, 0.2) is 11.6 Å². The van der Waals surface area contributed by atoms with Gasteiger partial charge in [0.1, 0.15) is 12.4 Å². The molecule has 202 valence electrons. The number of hydrogen-bond donors (Lipinski definition) is 0. The molecule has 3 aromatic rings. The van der Waals surface area contributed by atoms with Gasteiger partial charge in [0.2, 0.25) is 5.82 Å². The van der Waals surface area contributed by atoms with Crippen LogP contribution < -0.4 is 4.74 Å². The van der Waals surface area contributed by atoms with E-state index in [9.17, 15) is 8.78 Å². The van der Waals surface area contributed by atoms with Gasteiger partial charge in [-0.1, -0.05) is 88.1 Å². The van der Waals surface area contributed by atoms with Crippen LogP contribution in [0.3, 0.4) is 0 Å². The van der Waals surface area contributed by atoms with Crippen molar-refractivity contribution in [1.29, 1.82) is 0 Å². The lowest BCUT2D eigenvalue weighted by Gasteiger charge is -2.29. The van der Waals surface area contributed by atoms with Crippen molar-refractivity contribution >= 4 is 0 Å². The van der Waals surface area contributed by atoms with Gasteiger partial charge in [-0.05, 0) is 60.1 Å². The Labute approximate surface area is 224 Å². The van der Waals surface area contributed by atoms with Crippen molar-refractivity contribution in [2.45, 2.75) is 64.4 Å². The van der Waals surface area contributed by atoms with Crippen LogP contribution in [0.5, 0.6) is 5.75 Å². The van der Waals surface area contributed by atoms with E-state index in [0.717, 1.165) is 25.0 Å². The van der Waals surface area contributed by atoms with Crippen molar-refractivity contribution < 1.29 is 22.6 Å². The van der Waals surface area contributed by atoms with E-state index in [4.69, 9.17) is 9.47 Å². The van der Waals surface area contributed by atoms with E-state index in [2.05, 4.69) is 13.5 Å². The minimum absolute atomic E-state index is 0.0754. The monoisotopic (exact) mass is 522 g/mol. The van der Waals surface area contributed by atoms with Crippen LogP contribution in [0, 0.1) is 23.4 Å². The quantitative estimate of drug-likeness (QED) is 0.174. The number of unbranched alkanes of at least 4 members (excludes halogenated alkanes) is 4. The fourth-order valence-corrected chi connectivity index (χ4v) is 5.14. The van der Waals surface area contributed by atoms with Gasteiger partial charge in [-0.25, -0.2) is 8.78 Å². The molecule has 1 saturated heterocycles. The Morgan fingerprint density at radius 3 is 2.24 bits per heavy atom. The summed E-state index contributed by atoms with van der Waals surface area (Å²) in [6, 6.07) is 14.9. The highest BCUT2D eigenvalue weighted by Gasteiger charge is 2.24. The highest BCUT2D eigenvalue weighted by molar-refractivity contribution is 5.71.